The van der Waals surface area contributed by atoms with E-state index in [-0.39, 0.29) is 24.6 Å². The Balaban J connectivity index is 1.24. The standard InChI is InChI=1S/C29H29N7O7/c1-2-30-29(39)35-25-22-26(33-15-32-25)36(16-34-22)27-24-23(42-21(43-24)11-10-17-7-4-3-5-8-17)20(41-27)14-40-13-19-18(28(37)38)9-6-12-31-19/h3-12,15-16,20-21,23-24,27H,2,13-14H2,1H3,(H,37,38)(H2,30,32,33,35,39)/t20-,21+,23?,24+,27-/m1/s1. The maximum Gasteiger partial charge on any atom is 0.337 e. The van der Waals surface area contributed by atoms with Gasteiger partial charge in [0, 0.05) is 12.7 Å². The van der Waals surface area contributed by atoms with Crippen LogP contribution in [0.1, 0.15) is 34.8 Å². The lowest BCUT2D eigenvalue weighted by atomic mass is 10.1. The van der Waals surface area contributed by atoms with Gasteiger partial charge in [-0.2, -0.15) is 0 Å². The summed E-state index contributed by atoms with van der Waals surface area (Å²) in [6.45, 7) is 2.31. The minimum Gasteiger partial charge on any atom is -0.478 e. The van der Waals surface area contributed by atoms with Crippen molar-refractivity contribution in [3.05, 3.63) is 84.2 Å². The van der Waals surface area contributed by atoms with E-state index in [2.05, 4.69) is 30.6 Å². The number of aromatic nitrogens is 5. The van der Waals surface area contributed by atoms with Crippen LogP contribution in [-0.4, -0.2) is 79.4 Å². The highest BCUT2D eigenvalue weighted by atomic mass is 16.8. The van der Waals surface area contributed by atoms with Gasteiger partial charge in [-0.1, -0.05) is 36.4 Å². The van der Waals surface area contributed by atoms with Gasteiger partial charge in [0.25, 0.3) is 0 Å². The van der Waals surface area contributed by atoms with Gasteiger partial charge >= 0.3 is 12.0 Å². The van der Waals surface area contributed by atoms with Crippen molar-refractivity contribution in [2.75, 3.05) is 18.5 Å². The number of imidazole rings is 1. The first-order valence-electron chi connectivity index (χ1n) is 13.7. The second kappa shape index (κ2) is 12.6. The number of hydrogen-bond donors (Lipinski definition) is 3. The van der Waals surface area contributed by atoms with E-state index in [9.17, 15) is 14.7 Å². The van der Waals surface area contributed by atoms with E-state index in [1.54, 1.807) is 17.0 Å². The molecule has 4 aromatic rings. The van der Waals surface area contributed by atoms with Crippen LogP contribution in [0.2, 0.25) is 0 Å². The Morgan fingerprint density at radius 1 is 1.05 bits per heavy atom. The number of amides is 2. The van der Waals surface area contributed by atoms with Gasteiger partial charge in [0.2, 0.25) is 0 Å². The zero-order valence-electron chi connectivity index (χ0n) is 23.1. The average Bonchev–Trinajstić information content (AvgIpc) is 3.72. The van der Waals surface area contributed by atoms with Crippen LogP contribution in [0.3, 0.4) is 0 Å². The van der Waals surface area contributed by atoms with Crippen LogP contribution in [0.25, 0.3) is 17.2 Å². The van der Waals surface area contributed by atoms with Gasteiger partial charge in [0.1, 0.15) is 24.6 Å². The quantitative estimate of drug-likeness (QED) is 0.249. The van der Waals surface area contributed by atoms with E-state index in [1.807, 2.05) is 49.4 Å². The Morgan fingerprint density at radius 2 is 1.88 bits per heavy atom. The number of fused-ring (bicyclic) bond motifs is 2. The number of benzene rings is 1. The van der Waals surface area contributed by atoms with E-state index in [0.717, 1.165) is 5.56 Å². The van der Waals surface area contributed by atoms with Gasteiger partial charge in [-0.3, -0.25) is 14.9 Å². The van der Waals surface area contributed by atoms with E-state index >= 15 is 0 Å². The summed E-state index contributed by atoms with van der Waals surface area (Å²) in [4.78, 5) is 40.9. The number of aromatic carboxylic acids is 1. The molecule has 14 heteroatoms. The molecule has 5 heterocycles. The third-order valence-corrected chi connectivity index (χ3v) is 6.96. The number of rotatable bonds is 10. The Labute approximate surface area is 245 Å². The number of carbonyl (C=O) groups excluding carboxylic acids is 1. The topological polar surface area (TPSA) is 172 Å². The highest BCUT2D eigenvalue weighted by Gasteiger charge is 2.53. The molecule has 43 heavy (non-hydrogen) atoms. The molecular formula is C29H29N7O7. The van der Waals surface area contributed by atoms with Gasteiger partial charge in [-0.25, -0.2) is 24.5 Å². The number of nitrogens with zero attached hydrogens (tertiary/aromatic N) is 5. The molecule has 1 aromatic carbocycles. The molecule has 5 atom stereocenters. The molecule has 2 fully saturated rings. The number of ether oxygens (including phenoxy) is 4. The molecule has 2 aliphatic rings. The van der Waals surface area contributed by atoms with E-state index in [4.69, 9.17) is 18.9 Å². The normalized spacial score (nSPS) is 23.0. The van der Waals surface area contributed by atoms with Crippen molar-refractivity contribution in [1.29, 1.82) is 0 Å². The monoisotopic (exact) mass is 587 g/mol. The average molecular weight is 588 g/mol. The van der Waals surface area contributed by atoms with Crippen LogP contribution < -0.4 is 10.6 Å². The number of pyridine rings is 1. The zero-order chi connectivity index (χ0) is 29.8. The Morgan fingerprint density at radius 3 is 2.70 bits per heavy atom. The molecular weight excluding hydrogens is 558 g/mol. The maximum atomic E-state index is 12.1. The molecule has 0 aliphatic carbocycles. The van der Waals surface area contributed by atoms with Gasteiger partial charge in [-0.15, -0.1) is 0 Å². The van der Waals surface area contributed by atoms with E-state index in [1.165, 1.54) is 18.6 Å². The van der Waals surface area contributed by atoms with Crippen LogP contribution >= 0.6 is 0 Å². The molecule has 2 saturated heterocycles. The van der Waals surface area contributed by atoms with E-state index in [0.29, 0.717) is 23.4 Å². The molecule has 2 aliphatic heterocycles. The number of carboxylic acids is 1. The van der Waals surface area contributed by atoms with Crippen molar-refractivity contribution >= 4 is 35.1 Å². The first kappa shape index (κ1) is 28.4. The molecule has 0 bridgehead atoms. The summed E-state index contributed by atoms with van der Waals surface area (Å²) in [6.07, 6.45) is 5.14. The van der Waals surface area contributed by atoms with Crippen molar-refractivity contribution < 1.29 is 33.6 Å². The summed E-state index contributed by atoms with van der Waals surface area (Å²) >= 11 is 0. The molecule has 3 N–H and O–H groups in total. The fourth-order valence-electron chi connectivity index (χ4n) is 5.02. The summed E-state index contributed by atoms with van der Waals surface area (Å²) in [5, 5.41) is 14.8. The summed E-state index contributed by atoms with van der Waals surface area (Å²) in [6, 6.07) is 12.4. The Hall–Kier alpha value is -4.76. The van der Waals surface area contributed by atoms with Crippen molar-refractivity contribution in [1.82, 2.24) is 29.8 Å². The van der Waals surface area contributed by atoms with Gasteiger partial charge in [0.05, 0.1) is 30.8 Å². The van der Waals surface area contributed by atoms with Gasteiger partial charge in [0.15, 0.2) is 29.5 Å². The van der Waals surface area contributed by atoms with Crippen LogP contribution in [0.15, 0.2) is 67.4 Å². The van der Waals surface area contributed by atoms with Gasteiger partial charge < -0.3 is 29.4 Å². The summed E-state index contributed by atoms with van der Waals surface area (Å²) in [5.74, 6) is -0.833. The van der Waals surface area contributed by atoms with E-state index < -0.39 is 42.8 Å². The third-order valence-electron chi connectivity index (χ3n) is 6.96. The number of carbonyl (C=O) groups is 2. The summed E-state index contributed by atoms with van der Waals surface area (Å²) in [7, 11) is 0. The number of nitrogens with one attached hydrogen (secondary N) is 2. The first-order valence-corrected chi connectivity index (χ1v) is 13.7. The predicted octanol–water partition coefficient (Wildman–Crippen LogP) is 3.00. The highest BCUT2D eigenvalue weighted by molar-refractivity contribution is 5.95. The molecule has 0 radical (unpaired) electrons. The first-order chi connectivity index (χ1) is 21.0. The highest BCUT2D eigenvalue weighted by Crippen LogP contribution is 2.41. The second-order valence-electron chi connectivity index (χ2n) is 9.75. The summed E-state index contributed by atoms with van der Waals surface area (Å²) in [5.41, 5.74) is 2.17. The zero-order valence-corrected chi connectivity index (χ0v) is 23.1. The lowest BCUT2D eigenvalue weighted by Crippen LogP contribution is -2.32. The van der Waals surface area contributed by atoms with Crippen LogP contribution in [0.5, 0.6) is 0 Å². The molecule has 1 unspecified atom stereocenters. The van der Waals surface area contributed by atoms with Crippen molar-refractivity contribution in [2.24, 2.45) is 0 Å². The fraction of sp³-hybridized carbons (Fsp3) is 0.310. The number of carboxylic acid groups (broad SMARTS) is 1. The summed E-state index contributed by atoms with van der Waals surface area (Å²) < 4.78 is 26.6. The number of urea groups is 1. The lowest BCUT2D eigenvalue weighted by Gasteiger charge is -2.20. The van der Waals surface area contributed by atoms with Crippen molar-refractivity contribution in [2.45, 2.75) is 44.4 Å². The molecule has 0 spiro atoms. The van der Waals surface area contributed by atoms with Crippen LogP contribution in [0.4, 0.5) is 10.6 Å². The SMILES string of the molecule is CCNC(=O)Nc1ncnc2c1ncn2[C@@H]1O[C@H](COCc2ncccc2C(=O)O)C2O[C@H](C=Cc3ccccc3)O[C@@H]21. The lowest BCUT2D eigenvalue weighted by molar-refractivity contribution is -0.139. The molecule has 3 aromatic heterocycles. The number of anilines is 1. The van der Waals surface area contributed by atoms with Gasteiger partial charge in [-0.05, 0) is 30.7 Å². The fourth-order valence-corrected chi connectivity index (χ4v) is 5.02. The number of hydrogen-bond acceptors (Lipinski definition) is 10. The Bertz CT molecular complexity index is 1630. The third kappa shape index (κ3) is 6.08. The largest absolute Gasteiger partial charge is 0.478 e. The molecule has 6 rings (SSSR count). The molecule has 222 valence electrons. The van der Waals surface area contributed by atoms with Crippen LogP contribution in [-0.2, 0) is 25.6 Å². The van der Waals surface area contributed by atoms with Crippen molar-refractivity contribution in [3.8, 4) is 0 Å². The van der Waals surface area contributed by atoms with Crippen LogP contribution in [0, 0.1) is 0 Å². The van der Waals surface area contributed by atoms with Crippen molar-refractivity contribution in [3.63, 3.8) is 0 Å². The maximum absolute atomic E-state index is 12.1. The molecule has 0 saturated carbocycles. The smallest absolute Gasteiger partial charge is 0.337 e. The second-order valence-corrected chi connectivity index (χ2v) is 9.75. The molecule has 2 amide bonds. The minimum absolute atomic E-state index is 0.0291. The Kier molecular flexibility index (Phi) is 8.33. The predicted molar refractivity (Wildman–Crippen MR) is 152 cm³/mol. The minimum atomic E-state index is -1.08. The molecule has 14 nitrogen and oxygen atoms in total.